The van der Waals surface area contributed by atoms with Gasteiger partial charge in [-0.1, -0.05) is 0 Å². The topological polar surface area (TPSA) is 80.9 Å². The monoisotopic (exact) mass is 253 g/mol. The summed E-state index contributed by atoms with van der Waals surface area (Å²) in [6.45, 7) is 0. The Labute approximate surface area is 66.1 Å². The van der Waals surface area contributed by atoms with Gasteiger partial charge in [0.15, 0.2) is 0 Å². The maximum Gasteiger partial charge on any atom is 0.668 e. The van der Waals surface area contributed by atoms with Crippen LogP contribution >= 0.6 is 0 Å². The fourth-order valence-corrected chi connectivity index (χ4v) is 0. The molecule has 47 valence electrons. The minimum Gasteiger partial charge on any atom is -0.368 e. The van der Waals surface area contributed by atoms with Gasteiger partial charge in [-0.25, -0.2) is 0 Å². The molecule has 0 heterocycles. The van der Waals surface area contributed by atoms with Gasteiger partial charge in [0.2, 0.25) is 0 Å². The molecule has 0 fully saturated rings. The van der Waals surface area contributed by atoms with Crippen molar-refractivity contribution in [2.45, 2.75) is 0 Å². The van der Waals surface area contributed by atoms with Crippen molar-refractivity contribution in [2.24, 2.45) is 0 Å². The van der Waals surface area contributed by atoms with Gasteiger partial charge in [-0.2, -0.15) is 0 Å². The molecule has 4 nitrogen and oxygen atoms in total. The zero-order valence-electron chi connectivity index (χ0n) is 3.03. The Bertz CT molecular complexity index is 27.2. The average Bonchev–Trinajstić information content (AvgIpc) is 0.722. The summed E-state index contributed by atoms with van der Waals surface area (Å²) in [4.78, 5) is 29.3. The third-order valence-corrected chi connectivity index (χ3v) is 0. The summed E-state index contributed by atoms with van der Waals surface area (Å²) < 4.78 is 0. The molecule has 0 saturated carbocycles. The number of hydrogen-bond donors (Lipinski definition) is 4. The largest absolute Gasteiger partial charge is 0.668 e. The molecule has 0 spiro atoms. The van der Waals surface area contributed by atoms with Gasteiger partial charge >= 0.3 is 9.05 Å². The molecule has 0 aromatic carbocycles. The Morgan fingerprint density at radius 3 is 0.857 bits per heavy atom. The van der Waals surface area contributed by atoms with Crippen molar-refractivity contribution in [1.29, 1.82) is 0 Å². The van der Waals surface area contributed by atoms with E-state index in [0.717, 1.165) is 0 Å². The number of rotatable bonds is 0. The van der Waals surface area contributed by atoms with Gasteiger partial charge < -0.3 is 19.2 Å². The van der Waals surface area contributed by atoms with Gasteiger partial charge in [0.25, 0.3) is 0 Å². The van der Waals surface area contributed by atoms with Crippen molar-refractivity contribution in [3.63, 3.8) is 0 Å². The molecule has 0 bridgehead atoms. The van der Waals surface area contributed by atoms with Crippen LogP contribution in [-0.2, 0) is 37.8 Å². The van der Waals surface area contributed by atoms with E-state index in [2.05, 4.69) is 0 Å². The smallest absolute Gasteiger partial charge is 0.368 e. The van der Waals surface area contributed by atoms with Crippen molar-refractivity contribution < 1.29 is 57.0 Å². The van der Waals surface area contributed by atoms with Gasteiger partial charge in [-0.05, 0) is 0 Å². The van der Waals surface area contributed by atoms with E-state index < -0.39 is 9.05 Å². The van der Waals surface area contributed by atoms with E-state index in [1.54, 1.807) is 0 Å². The van der Waals surface area contributed by atoms with Crippen LogP contribution in [0.4, 0.5) is 0 Å². The summed E-state index contributed by atoms with van der Waals surface area (Å²) in [5.41, 5.74) is 0. The fourth-order valence-electron chi connectivity index (χ4n) is 0. The quantitative estimate of drug-likeness (QED) is 0.355. The zero-order valence-corrected chi connectivity index (χ0v) is 7.08. The minimum atomic E-state index is -4.61. The molecule has 0 unspecified atom stereocenters. The van der Waals surface area contributed by atoms with Crippen molar-refractivity contribution in [3.8, 4) is 0 Å². The second kappa shape index (κ2) is 5.39. The van der Waals surface area contributed by atoms with Crippen LogP contribution < -0.4 is 0 Å². The van der Waals surface area contributed by atoms with Crippen molar-refractivity contribution in [2.75, 3.05) is 0 Å². The van der Waals surface area contributed by atoms with Crippen LogP contribution in [0.25, 0.3) is 0 Å². The third-order valence-electron chi connectivity index (χ3n) is 0. The van der Waals surface area contributed by atoms with Crippen LogP contribution in [0.15, 0.2) is 0 Å². The molecule has 4 N–H and O–H groups in total. The third kappa shape index (κ3) is 128. The van der Waals surface area contributed by atoms with Gasteiger partial charge in [-0.3, -0.25) is 0 Å². The van der Waals surface area contributed by atoms with Gasteiger partial charge in [0, 0.05) is 37.8 Å². The molecular formula is H4CoMoO4Si. The summed E-state index contributed by atoms with van der Waals surface area (Å²) in [6.07, 6.45) is 0. The standard InChI is InChI=1S/Co.Mo.H4O4Si/c;;1-5(2,3)4/h;;1-4H. The van der Waals surface area contributed by atoms with Gasteiger partial charge in [0.05, 0.1) is 0 Å². The molecule has 0 aliphatic rings. The van der Waals surface area contributed by atoms with Crippen LogP contribution in [-0.4, -0.2) is 28.2 Å². The van der Waals surface area contributed by atoms with Crippen LogP contribution in [0.3, 0.4) is 0 Å². The molecule has 0 atom stereocenters. The van der Waals surface area contributed by atoms with Crippen molar-refractivity contribution in [1.82, 2.24) is 0 Å². The second-order valence-corrected chi connectivity index (χ2v) is 1.80. The van der Waals surface area contributed by atoms with Crippen LogP contribution in [0, 0.1) is 0 Å². The fraction of sp³-hybridized carbons (Fsp3) is 0. The zero-order chi connectivity index (χ0) is 4.50. The molecule has 1 radical (unpaired) electrons. The van der Waals surface area contributed by atoms with E-state index in [9.17, 15) is 0 Å². The molecule has 0 aliphatic heterocycles. The second-order valence-electron chi connectivity index (χ2n) is 0.600. The molecule has 0 rings (SSSR count). The Hall–Kier alpha value is 1.25. The maximum absolute atomic E-state index is 7.33. The van der Waals surface area contributed by atoms with Crippen LogP contribution in [0.2, 0.25) is 0 Å². The van der Waals surface area contributed by atoms with Crippen molar-refractivity contribution >= 4 is 9.05 Å². The van der Waals surface area contributed by atoms with E-state index in [-0.39, 0.29) is 37.8 Å². The molecule has 7 heavy (non-hydrogen) atoms. The average molecular weight is 251 g/mol. The predicted octanol–water partition coefficient (Wildman–Crippen LogP) is -2.61. The number of hydrogen-bond acceptors (Lipinski definition) is 4. The van der Waals surface area contributed by atoms with E-state index in [1.807, 2.05) is 0 Å². The first-order valence-corrected chi connectivity index (χ1v) is 2.68. The molecule has 0 saturated heterocycles. The maximum atomic E-state index is 7.33. The summed E-state index contributed by atoms with van der Waals surface area (Å²) in [5.74, 6) is 0. The summed E-state index contributed by atoms with van der Waals surface area (Å²) in [7, 11) is -4.61. The Morgan fingerprint density at radius 1 is 0.857 bits per heavy atom. The molecular weight excluding hydrogens is 247 g/mol. The van der Waals surface area contributed by atoms with Crippen LogP contribution in [0.5, 0.6) is 0 Å². The van der Waals surface area contributed by atoms with Crippen LogP contribution in [0.1, 0.15) is 0 Å². The molecule has 7 heteroatoms. The predicted molar refractivity (Wildman–Crippen MR) is 14.6 cm³/mol. The summed E-state index contributed by atoms with van der Waals surface area (Å²) in [6, 6.07) is 0. The molecule has 0 aromatic rings. The Balaban J connectivity index is -0.0000000800. The molecule has 0 aromatic heterocycles. The summed E-state index contributed by atoms with van der Waals surface area (Å²) >= 11 is 0. The van der Waals surface area contributed by atoms with E-state index in [4.69, 9.17) is 19.2 Å². The minimum absolute atomic E-state index is 0. The first-order valence-electron chi connectivity index (χ1n) is 0.894. The SMILES string of the molecule is O[Si](O)(O)O.[Co].[Mo]. The van der Waals surface area contributed by atoms with Gasteiger partial charge in [0.1, 0.15) is 0 Å². The Kier molecular flexibility index (Phi) is 12.1. The van der Waals surface area contributed by atoms with E-state index >= 15 is 0 Å². The first kappa shape index (κ1) is 15.7. The molecule has 0 amide bonds. The van der Waals surface area contributed by atoms with Gasteiger partial charge in [-0.15, -0.1) is 0 Å². The van der Waals surface area contributed by atoms with E-state index in [1.165, 1.54) is 0 Å². The first-order chi connectivity index (χ1) is 2.00. The van der Waals surface area contributed by atoms with Crippen molar-refractivity contribution in [3.05, 3.63) is 0 Å². The normalized spacial score (nSPS) is 8.57. The summed E-state index contributed by atoms with van der Waals surface area (Å²) in [5, 5.41) is 0. The Morgan fingerprint density at radius 2 is 0.857 bits per heavy atom. The van der Waals surface area contributed by atoms with E-state index in [0.29, 0.717) is 0 Å². The molecule has 0 aliphatic carbocycles.